The summed E-state index contributed by atoms with van der Waals surface area (Å²) >= 11 is 0. The van der Waals surface area contributed by atoms with Gasteiger partial charge in [-0.25, -0.2) is 27.5 Å². The number of hydrogen-bond acceptors (Lipinski definition) is 6. The molecule has 1 fully saturated rings. The molecular weight excluding hydrogens is 468 g/mol. The highest BCUT2D eigenvalue weighted by Gasteiger charge is 2.40. The Morgan fingerprint density at radius 1 is 1.20 bits per heavy atom. The third kappa shape index (κ3) is 4.44. The number of anilines is 1. The van der Waals surface area contributed by atoms with Crippen LogP contribution in [0, 0.1) is 5.82 Å². The molecule has 0 aliphatic carbocycles. The molecule has 35 heavy (non-hydrogen) atoms. The van der Waals surface area contributed by atoms with Crippen LogP contribution in [-0.2, 0) is 17.5 Å². The first-order chi connectivity index (χ1) is 16.5. The van der Waals surface area contributed by atoms with E-state index in [-0.39, 0.29) is 54.6 Å². The highest BCUT2D eigenvalue weighted by atomic mass is 19.3. The number of carbonyl (C=O) groups excluding carboxylic acids is 1. The Kier molecular flexibility index (Phi) is 6.48. The Labute approximate surface area is 198 Å². The van der Waals surface area contributed by atoms with Gasteiger partial charge in [0, 0.05) is 46.1 Å². The number of rotatable bonds is 5. The van der Waals surface area contributed by atoms with Crippen molar-refractivity contribution in [2.45, 2.75) is 44.8 Å². The zero-order valence-electron chi connectivity index (χ0n) is 19.4. The van der Waals surface area contributed by atoms with Gasteiger partial charge in [0.15, 0.2) is 5.82 Å². The smallest absolute Gasteiger partial charge is 0.266 e. The second kappa shape index (κ2) is 9.23. The molecule has 3 aromatic heterocycles. The van der Waals surface area contributed by atoms with Crippen LogP contribution in [-0.4, -0.2) is 43.4 Å². The molecule has 3 aromatic rings. The monoisotopic (exact) mass is 492 g/mol. The Hall–Kier alpha value is -3.57. The van der Waals surface area contributed by atoms with E-state index >= 15 is 4.39 Å². The number of pyridine rings is 2. The van der Waals surface area contributed by atoms with Crippen molar-refractivity contribution in [2.24, 2.45) is 7.05 Å². The number of hydrogen-bond donors (Lipinski definition) is 1. The Morgan fingerprint density at radius 3 is 2.51 bits per heavy atom. The van der Waals surface area contributed by atoms with Gasteiger partial charge in [-0.3, -0.25) is 19.1 Å². The number of amides is 1. The second-order valence-electron chi connectivity index (χ2n) is 8.62. The molecule has 0 radical (unpaired) electrons. The van der Waals surface area contributed by atoms with Crippen molar-refractivity contribution in [3.8, 4) is 0 Å². The number of alkyl halides is 3. The summed E-state index contributed by atoms with van der Waals surface area (Å²) in [4.78, 5) is 38.4. The van der Waals surface area contributed by atoms with Crippen molar-refractivity contribution in [3.63, 3.8) is 0 Å². The van der Waals surface area contributed by atoms with Crippen LogP contribution < -0.4 is 10.9 Å². The van der Waals surface area contributed by atoms with E-state index in [1.807, 2.05) is 0 Å². The summed E-state index contributed by atoms with van der Waals surface area (Å²) in [6, 6.07) is 1.40. The van der Waals surface area contributed by atoms with Crippen LogP contribution in [0.2, 0.25) is 0 Å². The summed E-state index contributed by atoms with van der Waals surface area (Å²) in [6.07, 6.45) is -0.813. The topological polar surface area (TPSA) is 93.0 Å². The molecule has 8 nitrogen and oxygen atoms in total. The van der Waals surface area contributed by atoms with Crippen LogP contribution in [0.15, 0.2) is 29.5 Å². The first-order valence-electron chi connectivity index (χ1n) is 11.0. The van der Waals surface area contributed by atoms with Crippen LogP contribution in [0.4, 0.5) is 23.4 Å². The van der Waals surface area contributed by atoms with E-state index in [2.05, 4.69) is 20.3 Å². The highest BCUT2D eigenvalue weighted by Crippen LogP contribution is 2.37. The molecule has 186 valence electrons. The number of likely N-dealkylation sites (tertiary alicyclic amines) is 1. The number of nitrogens with one attached hydrogen (secondary N) is 1. The molecule has 1 N–H and O–H groups in total. The minimum atomic E-state index is -3.00. The van der Waals surface area contributed by atoms with Crippen molar-refractivity contribution >= 4 is 22.8 Å². The van der Waals surface area contributed by atoms with Gasteiger partial charge in [-0.15, -0.1) is 0 Å². The Morgan fingerprint density at radius 2 is 1.89 bits per heavy atom. The number of piperidine rings is 1. The van der Waals surface area contributed by atoms with Crippen molar-refractivity contribution < 1.29 is 22.4 Å². The molecule has 12 heteroatoms. The van der Waals surface area contributed by atoms with E-state index in [1.165, 1.54) is 42.8 Å². The maximum atomic E-state index is 16.0. The zero-order chi connectivity index (χ0) is 25.5. The third-order valence-corrected chi connectivity index (χ3v) is 6.43. The summed E-state index contributed by atoms with van der Waals surface area (Å²) < 4.78 is 58.1. The molecular formula is C23H24F4N6O2. The van der Waals surface area contributed by atoms with E-state index in [9.17, 15) is 22.8 Å². The number of carbonyl (C=O) groups is 1. The van der Waals surface area contributed by atoms with Gasteiger partial charge in [-0.2, -0.15) is 0 Å². The van der Waals surface area contributed by atoms with Crippen molar-refractivity contribution in [2.75, 3.05) is 18.4 Å². The number of aryl methyl sites for hydroxylation is 1. The van der Waals surface area contributed by atoms with Gasteiger partial charge in [0.2, 0.25) is 5.91 Å². The summed E-state index contributed by atoms with van der Waals surface area (Å²) in [5.41, 5.74) is -3.41. The minimum absolute atomic E-state index is 0.0459. The average Bonchev–Trinajstić information content (AvgIpc) is 2.81. The molecule has 4 heterocycles. The number of fused-ring (bicyclic) bond motifs is 1. The van der Waals surface area contributed by atoms with Gasteiger partial charge in [-0.1, -0.05) is 0 Å². The van der Waals surface area contributed by atoms with E-state index < -0.39 is 35.1 Å². The zero-order valence-corrected chi connectivity index (χ0v) is 19.4. The first-order valence-corrected chi connectivity index (χ1v) is 11.0. The van der Waals surface area contributed by atoms with Gasteiger partial charge in [0.1, 0.15) is 23.5 Å². The lowest BCUT2D eigenvalue weighted by molar-refractivity contribution is -0.131. The molecule has 0 spiro atoms. The van der Waals surface area contributed by atoms with Gasteiger partial charge < -0.3 is 10.2 Å². The fraction of sp³-hybridized carbons (Fsp3) is 0.435. The lowest BCUT2D eigenvalue weighted by Gasteiger charge is -2.36. The lowest BCUT2D eigenvalue weighted by Crippen LogP contribution is -2.45. The predicted octanol–water partition coefficient (Wildman–Crippen LogP) is 3.78. The standard InChI is InChI=1S/C23H24F4N6O2/c1-12(18-17(24)14(19(25)26)4-7-28-18)31-20-15-10-16(22(35)32(3)21(15)30-11-29-20)23(27)5-8-33(9-6-23)13(2)34/h4,7,10-12,19H,5-6,8-9H2,1-3H3,(H,29,30,31). The maximum absolute atomic E-state index is 16.0. The van der Waals surface area contributed by atoms with E-state index in [0.717, 1.165) is 12.3 Å². The van der Waals surface area contributed by atoms with Crippen LogP contribution >= 0.6 is 0 Å². The van der Waals surface area contributed by atoms with E-state index in [0.29, 0.717) is 5.39 Å². The van der Waals surface area contributed by atoms with Crippen LogP contribution in [0.25, 0.3) is 11.0 Å². The minimum Gasteiger partial charge on any atom is -0.361 e. The highest BCUT2D eigenvalue weighted by molar-refractivity contribution is 5.87. The fourth-order valence-corrected chi connectivity index (χ4v) is 4.37. The van der Waals surface area contributed by atoms with Crippen LogP contribution in [0.1, 0.15) is 56.0 Å². The fourth-order valence-electron chi connectivity index (χ4n) is 4.37. The lowest BCUT2D eigenvalue weighted by atomic mass is 9.86. The van der Waals surface area contributed by atoms with E-state index in [4.69, 9.17) is 0 Å². The van der Waals surface area contributed by atoms with Crippen LogP contribution in [0.5, 0.6) is 0 Å². The molecule has 1 aliphatic heterocycles. The SMILES string of the molecule is CC(=O)N1CCC(F)(c2cc3c(NC(C)c4nccc(C(F)F)c4F)ncnc3n(C)c2=O)CC1. The molecule has 1 amide bonds. The largest absolute Gasteiger partial charge is 0.361 e. The summed E-state index contributed by atoms with van der Waals surface area (Å²) in [6.45, 7) is 3.27. The first kappa shape index (κ1) is 24.6. The molecule has 0 saturated carbocycles. The van der Waals surface area contributed by atoms with Gasteiger partial charge in [0.25, 0.3) is 12.0 Å². The summed E-state index contributed by atoms with van der Waals surface area (Å²) in [5.74, 6) is -1.13. The van der Waals surface area contributed by atoms with Crippen molar-refractivity contribution in [3.05, 3.63) is 57.6 Å². The number of aromatic nitrogens is 4. The van der Waals surface area contributed by atoms with Crippen molar-refractivity contribution in [1.29, 1.82) is 0 Å². The Bertz CT molecular complexity index is 1340. The quantitative estimate of drug-likeness (QED) is 0.545. The number of nitrogens with zero attached hydrogens (tertiary/aromatic N) is 5. The van der Waals surface area contributed by atoms with E-state index in [1.54, 1.807) is 0 Å². The molecule has 4 rings (SSSR count). The normalized spacial score (nSPS) is 16.5. The van der Waals surface area contributed by atoms with Crippen LogP contribution in [0.3, 0.4) is 0 Å². The molecule has 1 atom stereocenters. The predicted molar refractivity (Wildman–Crippen MR) is 120 cm³/mol. The maximum Gasteiger partial charge on any atom is 0.266 e. The molecule has 1 aliphatic rings. The molecule has 1 saturated heterocycles. The molecule has 0 aromatic carbocycles. The van der Waals surface area contributed by atoms with Gasteiger partial charge in [0.05, 0.1) is 28.2 Å². The molecule has 1 unspecified atom stereocenters. The number of halogens is 4. The summed E-state index contributed by atoms with van der Waals surface area (Å²) in [7, 11) is 1.45. The molecule has 0 bridgehead atoms. The van der Waals surface area contributed by atoms with Crippen molar-refractivity contribution in [1.82, 2.24) is 24.4 Å². The second-order valence-corrected chi connectivity index (χ2v) is 8.62. The Balaban J connectivity index is 1.75. The summed E-state index contributed by atoms with van der Waals surface area (Å²) in [5, 5.41) is 3.23. The van der Waals surface area contributed by atoms with Gasteiger partial charge >= 0.3 is 0 Å². The third-order valence-electron chi connectivity index (χ3n) is 6.43. The average molecular weight is 492 g/mol. The van der Waals surface area contributed by atoms with Gasteiger partial charge in [-0.05, 0) is 19.1 Å².